The highest BCUT2D eigenvalue weighted by Gasteiger charge is 2.20. The highest BCUT2D eigenvalue weighted by atomic mass is 32.2. The molecule has 0 aliphatic carbocycles. The number of benzene rings is 2. The van der Waals surface area contributed by atoms with E-state index in [1.807, 2.05) is 57.2 Å². The molecule has 1 amide bonds. The van der Waals surface area contributed by atoms with E-state index in [1.165, 1.54) is 5.56 Å². The summed E-state index contributed by atoms with van der Waals surface area (Å²) in [5.41, 5.74) is 3.07. The lowest BCUT2D eigenvalue weighted by molar-refractivity contribution is -0.122. The van der Waals surface area contributed by atoms with Crippen LogP contribution in [-0.4, -0.2) is 17.8 Å². The van der Waals surface area contributed by atoms with Gasteiger partial charge in [0.1, 0.15) is 5.75 Å². The number of nitrogens with one attached hydrogen (secondary N) is 1. The Morgan fingerprint density at radius 2 is 1.92 bits per heavy atom. The monoisotopic (exact) mass is 343 g/mol. The zero-order valence-corrected chi connectivity index (χ0v) is 15.6. The topological polar surface area (TPSA) is 38.3 Å². The highest BCUT2D eigenvalue weighted by molar-refractivity contribution is 7.99. The summed E-state index contributed by atoms with van der Waals surface area (Å²) in [5.74, 6) is 1.61. The van der Waals surface area contributed by atoms with Gasteiger partial charge < -0.3 is 10.1 Å². The molecule has 0 radical (unpaired) electrons. The van der Waals surface area contributed by atoms with Gasteiger partial charge in [0.15, 0.2) is 6.10 Å². The quantitative estimate of drug-likeness (QED) is 0.701. The molecule has 2 rings (SSSR count). The smallest absolute Gasteiger partial charge is 0.265 e. The molecule has 0 saturated carbocycles. The van der Waals surface area contributed by atoms with Crippen LogP contribution in [0.3, 0.4) is 0 Å². The van der Waals surface area contributed by atoms with Crippen molar-refractivity contribution in [3.8, 4) is 5.75 Å². The zero-order valence-electron chi connectivity index (χ0n) is 14.8. The lowest BCUT2D eigenvalue weighted by Gasteiger charge is -2.19. The van der Waals surface area contributed by atoms with Crippen LogP contribution in [0.1, 0.15) is 31.4 Å². The molecule has 0 aliphatic heterocycles. The third-order valence-electron chi connectivity index (χ3n) is 3.71. The van der Waals surface area contributed by atoms with Crippen LogP contribution in [0.15, 0.2) is 47.4 Å². The zero-order chi connectivity index (χ0) is 17.5. The number of hydrogen-bond donors (Lipinski definition) is 1. The molecule has 2 aromatic carbocycles. The lowest BCUT2D eigenvalue weighted by atomic mass is 10.1. The predicted octanol–water partition coefficient (Wildman–Crippen LogP) is 5.21. The van der Waals surface area contributed by atoms with Crippen molar-refractivity contribution in [3.05, 3.63) is 53.6 Å². The van der Waals surface area contributed by atoms with E-state index in [-0.39, 0.29) is 5.91 Å². The average Bonchev–Trinajstić information content (AvgIpc) is 2.56. The van der Waals surface area contributed by atoms with Crippen molar-refractivity contribution in [2.45, 2.75) is 45.1 Å². The number of carbonyl (C=O) groups is 1. The molecular weight excluding hydrogens is 318 g/mol. The first-order chi connectivity index (χ1) is 11.5. The second-order valence-corrected chi connectivity index (χ2v) is 7.01. The van der Waals surface area contributed by atoms with E-state index in [9.17, 15) is 4.79 Å². The normalized spacial score (nSPS) is 11.8. The summed E-state index contributed by atoms with van der Waals surface area (Å²) < 4.78 is 5.96. The van der Waals surface area contributed by atoms with Gasteiger partial charge in [-0.05, 0) is 49.8 Å². The second-order valence-electron chi connectivity index (χ2n) is 5.70. The van der Waals surface area contributed by atoms with E-state index in [1.54, 1.807) is 11.8 Å². The number of carbonyl (C=O) groups excluding carboxylic acids is 1. The second kappa shape index (κ2) is 8.78. The minimum atomic E-state index is -0.508. The third kappa shape index (κ3) is 4.78. The molecule has 0 saturated heterocycles. The number of ether oxygens (including phenoxy) is 1. The SMILES string of the molecule is CCSc1ccccc1NC(=O)[C@@H](CC)Oc1ccc(C)cc1C. The van der Waals surface area contributed by atoms with E-state index in [2.05, 4.69) is 18.3 Å². The molecule has 0 bridgehead atoms. The first kappa shape index (κ1) is 18.4. The van der Waals surface area contributed by atoms with Gasteiger partial charge >= 0.3 is 0 Å². The van der Waals surface area contributed by atoms with E-state index in [4.69, 9.17) is 4.74 Å². The Balaban J connectivity index is 2.12. The van der Waals surface area contributed by atoms with Crippen molar-refractivity contribution in [1.29, 1.82) is 0 Å². The van der Waals surface area contributed by atoms with Gasteiger partial charge in [-0.2, -0.15) is 0 Å². The fourth-order valence-corrected chi connectivity index (χ4v) is 3.23. The van der Waals surface area contributed by atoms with Crippen LogP contribution in [0.5, 0.6) is 5.75 Å². The maximum absolute atomic E-state index is 12.6. The Morgan fingerprint density at radius 3 is 2.58 bits per heavy atom. The van der Waals surface area contributed by atoms with Crippen molar-refractivity contribution in [2.24, 2.45) is 0 Å². The molecule has 1 atom stereocenters. The van der Waals surface area contributed by atoms with Crippen molar-refractivity contribution >= 4 is 23.4 Å². The molecule has 4 heteroatoms. The van der Waals surface area contributed by atoms with Gasteiger partial charge in [0.25, 0.3) is 5.91 Å². The molecule has 0 unspecified atom stereocenters. The van der Waals surface area contributed by atoms with Gasteiger partial charge in [-0.15, -0.1) is 11.8 Å². The molecule has 128 valence electrons. The number of amides is 1. The Hall–Kier alpha value is -1.94. The van der Waals surface area contributed by atoms with Gasteiger partial charge in [-0.3, -0.25) is 4.79 Å². The molecule has 0 aromatic heterocycles. The van der Waals surface area contributed by atoms with E-state index in [0.29, 0.717) is 6.42 Å². The van der Waals surface area contributed by atoms with Crippen LogP contribution >= 0.6 is 11.8 Å². The fraction of sp³-hybridized carbons (Fsp3) is 0.350. The Bertz CT molecular complexity index is 700. The maximum Gasteiger partial charge on any atom is 0.265 e. The molecule has 0 fully saturated rings. The summed E-state index contributed by atoms with van der Waals surface area (Å²) in [6, 6.07) is 13.9. The first-order valence-corrected chi connectivity index (χ1v) is 9.30. The van der Waals surface area contributed by atoms with Crippen molar-refractivity contribution in [2.75, 3.05) is 11.1 Å². The number of rotatable bonds is 7. The summed E-state index contributed by atoms with van der Waals surface area (Å²) in [5, 5.41) is 3.01. The van der Waals surface area contributed by atoms with Gasteiger partial charge in [-0.25, -0.2) is 0 Å². The van der Waals surface area contributed by atoms with Crippen LogP contribution in [0.2, 0.25) is 0 Å². The van der Waals surface area contributed by atoms with Crippen LogP contribution in [0.4, 0.5) is 5.69 Å². The molecule has 0 spiro atoms. The summed E-state index contributed by atoms with van der Waals surface area (Å²) >= 11 is 1.72. The molecule has 0 heterocycles. The van der Waals surface area contributed by atoms with Crippen LogP contribution in [0.25, 0.3) is 0 Å². The number of thioether (sulfide) groups is 1. The van der Waals surface area contributed by atoms with Crippen molar-refractivity contribution in [1.82, 2.24) is 0 Å². The average molecular weight is 343 g/mol. The van der Waals surface area contributed by atoms with Gasteiger partial charge in [0.05, 0.1) is 5.69 Å². The molecule has 24 heavy (non-hydrogen) atoms. The number of aryl methyl sites for hydroxylation is 2. The summed E-state index contributed by atoms with van der Waals surface area (Å²) in [6.07, 6.45) is 0.105. The molecule has 2 aromatic rings. The number of anilines is 1. The first-order valence-electron chi connectivity index (χ1n) is 8.31. The van der Waals surface area contributed by atoms with Crippen LogP contribution < -0.4 is 10.1 Å². The number of hydrogen-bond acceptors (Lipinski definition) is 3. The van der Waals surface area contributed by atoms with Crippen LogP contribution in [-0.2, 0) is 4.79 Å². The molecular formula is C20H25NO2S. The fourth-order valence-electron chi connectivity index (χ4n) is 2.47. The van der Waals surface area contributed by atoms with Gasteiger partial charge in [0.2, 0.25) is 0 Å². The van der Waals surface area contributed by atoms with Crippen molar-refractivity contribution < 1.29 is 9.53 Å². The van der Waals surface area contributed by atoms with Gasteiger partial charge in [0, 0.05) is 4.90 Å². The summed E-state index contributed by atoms with van der Waals surface area (Å²) in [7, 11) is 0. The Labute approximate surface area is 148 Å². The van der Waals surface area contributed by atoms with E-state index < -0.39 is 6.10 Å². The third-order valence-corrected chi connectivity index (χ3v) is 4.66. The summed E-state index contributed by atoms with van der Waals surface area (Å²) in [6.45, 7) is 8.10. The largest absolute Gasteiger partial charge is 0.480 e. The molecule has 0 aliphatic rings. The van der Waals surface area contributed by atoms with Crippen molar-refractivity contribution in [3.63, 3.8) is 0 Å². The lowest BCUT2D eigenvalue weighted by Crippen LogP contribution is -2.32. The van der Waals surface area contributed by atoms with Crippen LogP contribution in [0, 0.1) is 13.8 Å². The Kier molecular flexibility index (Phi) is 6.73. The van der Waals surface area contributed by atoms with Gasteiger partial charge in [-0.1, -0.05) is 43.7 Å². The van der Waals surface area contributed by atoms with E-state index >= 15 is 0 Å². The Morgan fingerprint density at radius 1 is 1.17 bits per heavy atom. The predicted molar refractivity (Wildman–Crippen MR) is 102 cm³/mol. The standard InChI is InChI=1S/C20H25NO2S/c1-5-17(23-18-12-11-14(3)13-15(18)4)20(22)21-16-9-7-8-10-19(16)24-6-2/h7-13,17H,5-6H2,1-4H3,(H,21,22)/t17-/m1/s1. The summed E-state index contributed by atoms with van der Waals surface area (Å²) in [4.78, 5) is 13.7. The highest BCUT2D eigenvalue weighted by Crippen LogP contribution is 2.27. The molecule has 1 N–H and O–H groups in total. The van der Waals surface area contributed by atoms with E-state index in [0.717, 1.165) is 27.6 Å². The number of para-hydroxylation sites is 1. The molecule has 3 nitrogen and oxygen atoms in total. The minimum absolute atomic E-state index is 0.110. The maximum atomic E-state index is 12.6. The minimum Gasteiger partial charge on any atom is -0.480 e.